The first-order valence-corrected chi connectivity index (χ1v) is 11.3. The molecule has 0 saturated carbocycles. The SMILES string of the molecule is C[C@H]1Cc2ccccc2N1S(=O)(=O)c1cccc(C(=O)NCCc2ccccn2)c1. The largest absolute Gasteiger partial charge is 0.352 e. The number of carbonyl (C=O) groups excluding carboxylic acids is 1. The van der Waals surface area contributed by atoms with Gasteiger partial charge in [-0.25, -0.2) is 8.42 Å². The fourth-order valence-corrected chi connectivity index (χ4v) is 5.51. The summed E-state index contributed by atoms with van der Waals surface area (Å²) >= 11 is 0. The van der Waals surface area contributed by atoms with Crippen LogP contribution >= 0.6 is 0 Å². The molecule has 0 bridgehead atoms. The highest BCUT2D eigenvalue weighted by Crippen LogP contribution is 2.36. The predicted octanol–water partition coefficient (Wildman–Crippen LogP) is 3.19. The fourth-order valence-electron chi connectivity index (χ4n) is 3.77. The highest BCUT2D eigenvalue weighted by Gasteiger charge is 2.36. The number of nitrogens with zero attached hydrogens (tertiary/aromatic N) is 2. The van der Waals surface area contributed by atoms with Gasteiger partial charge in [-0.2, -0.15) is 0 Å². The Balaban J connectivity index is 1.52. The maximum atomic E-state index is 13.4. The van der Waals surface area contributed by atoms with E-state index in [2.05, 4.69) is 10.3 Å². The standard InChI is InChI=1S/C23H23N3O3S/c1-17-15-18-7-2-3-11-22(18)26(17)30(28,29)21-10-6-8-19(16-21)23(27)25-14-12-20-9-4-5-13-24-20/h2-11,13,16-17H,12,14-15H2,1H3,(H,25,27)/t17-/m0/s1. The number of rotatable bonds is 6. The Labute approximate surface area is 176 Å². The Morgan fingerprint density at radius 1 is 1.10 bits per heavy atom. The summed E-state index contributed by atoms with van der Waals surface area (Å²) in [6.45, 7) is 2.31. The minimum Gasteiger partial charge on any atom is -0.352 e. The molecule has 1 aromatic heterocycles. The van der Waals surface area contributed by atoms with Crippen molar-refractivity contribution in [3.05, 3.63) is 89.7 Å². The van der Waals surface area contributed by atoms with Crippen LogP contribution in [0.4, 0.5) is 5.69 Å². The Hall–Kier alpha value is -3.19. The van der Waals surface area contributed by atoms with Gasteiger partial charge in [0.05, 0.1) is 10.6 Å². The maximum absolute atomic E-state index is 13.4. The molecule has 30 heavy (non-hydrogen) atoms. The van der Waals surface area contributed by atoms with E-state index in [1.165, 1.54) is 16.4 Å². The van der Waals surface area contributed by atoms with E-state index < -0.39 is 10.0 Å². The molecule has 1 aliphatic rings. The molecule has 7 heteroatoms. The Morgan fingerprint density at radius 3 is 2.70 bits per heavy atom. The van der Waals surface area contributed by atoms with Gasteiger partial charge < -0.3 is 5.32 Å². The number of carbonyl (C=O) groups is 1. The van der Waals surface area contributed by atoms with Crippen LogP contribution < -0.4 is 9.62 Å². The van der Waals surface area contributed by atoms with E-state index in [9.17, 15) is 13.2 Å². The van der Waals surface area contributed by atoms with Crippen LogP contribution in [-0.4, -0.2) is 31.9 Å². The summed E-state index contributed by atoms with van der Waals surface area (Å²) in [6.07, 6.45) is 2.98. The van der Waals surface area contributed by atoms with Crippen LogP contribution in [0.15, 0.2) is 77.8 Å². The number of anilines is 1. The van der Waals surface area contributed by atoms with Crippen LogP contribution in [-0.2, 0) is 22.9 Å². The van der Waals surface area contributed by atoms with Crippen molar-refractivity contribution < 1.29 is 13.2 Å². The molecule has 0 unspecified atom stereocenters. The smallest absolute Gasteiger partial charge is 0.264 e. The molecule has 2 heterocycles. The predicted molar refractivity (Wildman–Crippen MR) is 116 cm³/mol. The van der Waals surface area contributed by atoms with E-state index in [1.807, 2.05) is 49.4 Å². The van der Waals surface area contributed by atoms with Gasteiger partial charge in [-0.05, 0) is 55.3 Å². The lowest BCUT2D eigenvalue weighted by Crippen LogP contribution is -2.36. The molecule has 0 fully saturated rings. The first-order valence-electron chi connectivity index (χ1n) is 9.87. The van der Waals surface area contributed by atoms with Crippen molar-refractivity contribution in [1.29, 1.82) is 0 Å². The number of fused-ring (bicyclic) bond motifs is 1. The minimum absolute atomic E-state index is 0.114. The molecule has 1 aliphatic heterocycles. The van der Waals surface area contributed by atoms with E-state index in [0.29, 0.717) is 30.6 Å². The molecular weight excluding hydrogens is 398 g/mol. The molecule has 1 N–H and O–H groups in total. The zero-order valence-corrected chi connectivity index (χ0v) is 17.5. The third kappa shape index (κ3) is 3.93. The molecule has 6 nitrogen and oxygen atoms in total. The summed E-state index contributed by atoms with van der Waals surface area (Å²) < 4.78 is 28.2. The van der Waals surface area contributed by atoms with Gasteiger partial charge in [-0.15, -0.1) is 0 Å². The van der Waals surface area contributed by atoms with Crippen molar-refractivity contribution >= 4 is 21.6 Å². The summed E-state index contributed by atoms with van der Waals surface area (Å²) in [5.74, 6) is -0.308. The van der Waals surface area contributed by atoms with Gasteiger partial charge in [0.15, 0.2) is 0 Å². The van der Waals surface area contributed by atoms with Gasteiger partial charge in [-0.3, -0.25) is 14.1 Å². The van der Waals surface area contributed by atoms with E-state index in [0.717, 1.165) is 11.3 Å². The van der Waals surface area contributed by atoms with E-state index >= 15 is 0 Å². The highest BCUT2D eigenvalue weighted by atomic mass is 32.2. The van der Waals surface area contributed by atoms with Crippen LogP contribution in [0.25, 0.3) is 0 Å². The third-order valence-corrected chi connectivity index (χ3v) is 7.11. The normalized spacial score (nSPS) is 15.6. The number of para-hydroxylation sites is 1. The van der Waals surface area contributed by atoms with Crippen LogP contribution in [0, 0.1) is 0 Å². The Kier molecular flexibility index (Phi) is 5.55. The van der Waals surface area contributed by atoms with E-state index in [-0.39, 0.29) is 16.8 Å². The van der Waals surface area contributed by atoms with Crippen molar-refractivity contribution in [2.24, 2.45) is 0 Å². The zero-order chi connectivity index (χ0) is 21.1. The number of aromatic nitrogens is 1. The van der Waals surface area contributed by atoms with Crippen molar-refractivity contribution in [3.63, 3.8) is 0 Å². The summed E-state index contributed by atoms with van der Waals surface area (Å²) in [5.41, 5.74) is 2.92. The van der Waals surface area contributed by atoms with Gasteiger partial charge in [0, 0.05) is 36.5 Å². The van der Waals surface area contributed by atoms with Crippen LogP contribution in [0.3, 0.4) is 0 Å². The van der Waals surface area contributed by atoms with Crippen LogP contribution in [0.2, 0.25) is 0 Å². The average molecular weight is 422 g/mol. The van der Waals surface area contributed by atoms with Gasteiger partial charge in [-0.1, -0.05) is 30.3 Å². The van der Waals surface area contributed by atoms with Gasteiger partial charge in [0.25, 0.3) is 15.9 Å². The number of hydrogen-bond donors (Lipinski definition) is 1. The third-order valence-electron chi connectivity index (χ3n) is 5.19. The van der Waals surface area contributed by atoms with Gasteiger partial charge in [0.2, 0.25) is 0 Å². The van der Waals surface area contributed by atoms with Crippen molar-refractivity contribution in [3.8, 4) is 0 Å². The molecule has 4 rings (SSSR count). The topological polar surface area (TPSA) is 79.4 Å². The molecular formula is C23H23N3O3S. The molecule has 1 amide bonds. The number of nitrogens with one attached hydrogen (secondary N) is 1. The molecule has 0 aliphatic carbocycles. The number of sulfonamides is 1. The number of hydrogen-bond acceptors (Lipinski definition) is 4. The van der Waals surface area contributed by atoms with Crippen molar-refractivity contribution in [2.75, 3.05) is 10.8 Å². The minimum atomic E-state index is -3.78. The summed E-state index contributed by atoms with van der Waals surface area (Å²) in [5, 5.41) is 2.83. The summed E-state index contributed by atoms with van der Waals surface area (Å²) in [6, 6.07) is 19.2. The fraction of sp³-hybridized carbons (Fsp3) is 0.217. The number of amides is 1. The maximum Gasteiger partial charge on any atom is 0.264 e. The first-order chi connectivity index (χ1) is 14.5. The quantitative estimate of drug-likeness (QED) is 0.663. The van der Waals surface area contributed by atoms with Crippen molar-refractivity contribution in [2.45, 2.75) is 30.7 Å². The Bertz CT molecular complexity index is 1160. The van der Waals surface area contributed by atoms with Crippen LogP contribution in [0.5, 0.6) is 0 Å². The number of pyridine rings is 1. The molecule has 0 radical (unpaired) electrons. The van der Waals surface area contributed by atoms with E-state index in [4.69, 9.17) is 0 Å². The Morgan fingerprint density at radius 2 is 1.90 bits per heavy atom. The van der Waals surface area contributed by atoms with Crippen LogP contribution in [0.1, 0.15) is 28.5 Å². The molecule has 2 aromatic carbocycles. The number of benzene rings is 2. The summed E-state index contributed by atoms with van der Waals surface area (Å²) in [7, 11) is -3.78. The second kappa shape index (κ2) is 8.28. The second-order valence-corrected chi connectivity index (χ2v) is 9.15. The van der Waals surface area contributed by atoms with Gasteiger partial charge >= 0.3 is 0 Å². The lowest BCUT2D eigenvalue weighted by molar-refractivity contribution is 0.0954. The van der Waals surface area contributed by atoms with Crippen molar-refractivity contribution in [1.82, 2.24) is 10.3 Å². The average Bonchev–Trinajstić information content (AvgIpc) is 3.11. The monoisotopic (exact) mass is 421 g/mol. The molecule has 1 atom stereocenters. The molecule has 0 spiro atoms. The second-order valence-electron chi connectivity index (χ2n) is 7.34. The molecule has 0 saturated heterocycles. The zero-order valence-electron chi connectivity index (χ0n) is 16.7. The molecule has 154 valence electrons. The lowest BCUT2D eigenvalue weighted by atomic mass is 10.1. The molecule has 3 aromatic rings. The first kappa shape index (κ1) is 20.1. The van der Waals surface area contributed by atoms with E-state index in [1.54, 1.807) is 18.3 Å². The van der Waals surface area contributed by atoms with Gasteiger partial charge in [0.1, 0.15) is 0 Å². The lowest BCUT2D eigenvalue weighted by Gasteiger charge is -2.24. The summed E-state index contributed by atoms with van der Waals surface area (Å²) in [4.78, 5) is 16.9. The highest BCUT2D eigenvalue weighted by molar-refractivity contribution is 7.92.